The normalized spacial score (nSPS) is 10.3. The Balaban J connectivity index is 3.08. The Morgan fingerprint density at radius 1 is 1.11 bits per heavy atom. The fraction of sp³-hybridized carbons (Fsp3) is 0.727. The van der Waals surface area contributed by atoms with Crippen LogP contribution in [-0.2, 0) is 0 Å². The van der Waals surface area contributed by atoms with Crippen LogP contribution in [0.25, 0.3) is 0 Å². The van der Waals surface area contributed by atoms with Crippen LogP contribution < -0.4 is 15.1 Å². The van der Waals surface area contributed by atoms with E-state index in [0.717, 1.165) is 13.1 Å². The van der Waals surface area contributed by atoms with Crippen molar-refractivity contribution >= 4 is 17.8 Å². The summed E-state index contributed by atoms with van der Waals surface area (Å²) in [4.78, 5) is 16.8. The molecular weight excluding hydrogens is 232 g/mol. The molecule has 0 saturated heterocycles. The zero-order chi connectivity index (χ0) is 13.5. The van der Waals surface area contributed by atoms with Crippen molar-refractivity contribution in [1.82, 2.24) is 15.0 Å². The van der Waals surface area contributed by atoms with E-state index in [2.05, 4.69) is 20.3 Å². The molecule has 7 heteroatoms. The molecule has 0 radical (unpaired) electrons. The lowest BCUT2D eigenvalue weighted by atomic mass is 10.5. The predicted molar refractivity (Wildman–Crippen MR) is 73.3 cm³/mol. The van der Waals surface area contributed by atoms with Crippen molar-refractivity contribution in [3.05, 3.63) is 0 Å². The van der Waals surface area contributed by atoms with Gasteiger partial charge in [0.15, 0.2) is 0 Å². The quantitative estimate of drug-likeness (QED) is 0.719. The first kappa shape index (κ1) is 14.4. The van der Waals surface area contributed by atoms with Gasteiger partial charge < -0.3 is 20.2 Å². The van der Waals surface area contributed by atoms with E-state index in [1.165, 1.54) is 0 Å². The topological polar surface area (TPSA) is 77.4 Å². The van der Waals surface area contributed by atoms with Gasteiger partial charge >= 0.3 is 0 Å². The SMILES string of the molecule is CCNc1nc(N(C)C)nc(N(CC)CCO)n1. The Labute approximate surface area is 108 Å². The smallest absolute Gasteiger partial charge is 0.232 e. The van der Waals surface area contributed by atoms with Gasteiger partial charge in [-0.05, 0) is 13.8 Å². The van der Waals surface area contributed by atoms with Crippen LogP contribution >= 0.6 is 0 Å². The Morgan fingerprint density at radius 3 is 2.28 bits per heavy atom. The number of aliphatic hydroxyl groups is 1. The first-order valence-electron chi connectivity index (χ1n) is 6.15. The number of rotatable bonds is 7. The van der Waals surface area contributed by atoms with Crippen molar-refractivity contribution in [1.29, 1.82) is 0 Å². The molecule has 18 heavy (non-hydrogen) atoms. The van der Waals surface area contributed by atoms with Gasteiger partial charge in [-0.1, -0.05) is 0 Å². The number of hydrogen-bond donors (Lipinski definition) is 2. The van der Waals surface area contributed by atoms with E-state index in [1.54, 1.807) is 0 Å². The molecule has 0 aromatic carbocycles. The molecule has 0 amide bonds. The summed E-state index contributed by atoms with van der Waals surface area (Å²) in [6, 6.07) is 0. The van der Waals surface area contributed by atoms with E-state index in [9.17, 15) is 0 Å². The summed E-state index contributed by atoms with van der Waals surface area (Å²) in [5.74, 6) is 1.75. The lowest BCUT2D eigenvalue weighted by Crippen LogP contribution is -2.29. The van der Waals surface area contributed by atoms with E-state index in [0.29, 0.717) is 24.4 Å². The number of likely N-dealkylation sites (N-methyl/N-ethyl adjacent to an activating group) is 1. The molecule has 2 N–H and O–H groups in total. The number of nitrogens with zero attached hydrogens (tertiary/aromatic N) is 5. The maximum absolute atomic E-state index is 9.04. The minimum atomic E-state index is 0.0767. The highest BCUT2D eigenvalue weighted by molar-refractivity contribution is 5.44. The van der Waals surface area contributed by atoms with Crippen molar-refractivity contribution in [2.75, 3.05) is 55.5 Å². The molecule has 7 nitrogen and oxygen atoms in total. The van der Waals surface area contributed by atoms with Gasteiger partial charge in [0, 0.05) is 33.7 Å². The summed E-state index contributed by atoms with van der Waals surface area (Å²) in [7, 11) is 3.77. The van der Waals surface area contributed by atoms with Gasteiger partial charge in [0.05, 0.1) is 6.61 Å². The second-order valence-corrected chi connectivity index (χ2v) is 3.99. The van der Waals surface area contributed by atoms with Crippen molar-refractivity contribution in [2.45, 2.75) is 13.8 Å². The number of aromatic nitrogens is 3. The van der Waals surface area contributed by atoms with Crippen molar-refractivity contribution in [3.63, 3.8) is 0 Å². The summed E-state index contributed by atoms with van der Waals surface area (Å²) in [6.07, 6.45) is 0. The molecule has 0 aliphatic heterocycles. The average Bonchev–Trinajstić information content (AvgIpc) is 2.35. The number of hydrogen-bond acceptors (Lipinski definition) is 7. The number of aliphatic hydroxyl groups excluding tert-OH is 1. The lowest BCUT2D eigenvalue weighted by Gasteiger charge is -2.21. The van der Waals surface area contributed by atoms with E-state index in [4.69, 9.17) is 5.11 Å². The number of anilines is 3. The largest absolute Gasteiger partial charge is 0.395 e. The minimum absolute atomic E-state index is 0.0767. The summed E-state index contributed by atoms with van der Waals surface area (Å²) >= 11 is 0. The van der Waals surface area contributed by atoms with E-state index >= 15 is 0 Å². The van der Waals surface area contributed by atoms with Crippen LogP contribution in [0.5, 0.6) is 0 Å². The van der Waals surface area contributed by atoms with Crippen LogP contribution in [0.3, 0.4) is 0 Å². The fourth-order valence-corrected chi connectivity index (χ4v) is 1.45. The van der Waals surface area contributed by atoms with Crippen molar-refractivity contribution < 1.29 is 5.11 Å². The third-order valence-electron chi connectivity index (χ3n) is 2.38. The highest BCUT2D eigenvalue weighted by Gasteiger charge is 2.12. The van der Waals surface area contributed by atoms with Gasteiger partial charge in [0.25, 0.3) is 0 Å². The monoisotopic (exact) mass is 254 g/mol. The van der Waals surface area contributed by atoms with Gasteiger partial charge in [-0.3, -0.25) is 0 Å². The van der Waals surface area contributed by atoms with E-state index in [1.807, 2.05) is 37.7 Å². The Hall–Kier alpha value is -1.63. The standard InChI is InChI=1S/C11H22N6O/c1-5-12-9-13-10(16(3)4)15-11(14-9)17(6-2)7-8-18/h18H,5-8H2,1-4H3,(H,12,13,14,15). The molecule has 1 aromatic rings. The van der Waals surface area contributed by atoms with Crippen LogP contribution in [0.1, 0.15) is 13.8 Å². The molecule has 1 heterocycles. The first-order valence-corrected chi connectivity index (χ1v) is 6.15. The second-order valence-electron chi connectivity index (χ2n) is 3.99. The molecule has 0 bridgehead atoms. The third-order valence-corrected chi connectivity index (χ3v) is 2.38. The zero-order valence-electron chi connectivity index (χ0n) is 11.5. The fourth-order valence-electron chi connectivity index (χ4n) is 1.45. The van der Waals surface area contributed by atoms with Crippen LogP contribution in [0.2, 0.25) is 0 Å². The molecule has 0 spiro atoms. The van der Waals surface area contributed by atoms with Gasteiger partial charge in [-0.15, -0.1) is 0 Å². The Bertz CT molecular complexity index is 371. The highest BCUT2D eigenvalue weighted by atomic mass is 16.3. The second kappa shape index (κ2) is 6.95. The molecule has 0 atom stereocenters. The molecular formula is C11H22N6O. The molecule has 0 fully saturated rings. The van der Waals surface area contributed by atoms with Crippen LogP contribution in [-0.4, -0.2) is 60.4 Å². The molecule has 102 valence electrons. The molecule has 1 rings (SSSR count). The molecule has 0 aliphatic rings. The summed E-state index contributed by atoms with van der Waals surface area (Å²) in [5.41, 5.74) is 0. The summed E-state index contributed by atoms with van der Waals surface area (Å²) in [6.45, 7) is 6.07. The Morgan fingerprint density at radius 2 is 1.78 bits per heavy atom. The third kappa shape index (κ3) is 3.69. The molecule has 1 aromatic heterocycles. The van der Waals surface area contributed by atoms with Gasteiger partial charge in [-0.25, -0.2) is 0 Å². The minimum Gasteiger partial charge on any atom is -0.395 e. The van der Waals surface area contributed by atoms with Gasteiger partial charge in [-0.2, -0.15) is 15.0 Å². The van der Waals surface area contributed by atoms with Gasteiger partial charge in [0.2, 0.25) is 17.8 Å². The summed E-state index contributed by atoms with van der Waals surface area (Å²) in [5, 5.41) is 12.1. The predicted octanol–water partition coefficient (Wildman–Crippen LogP) is 0.188. The molecule has 0 aliphatic carbocycles. The lowest BCUT2D eigenvalue weighted by molar-refractivity contribution is 0.301. The maximum atomic E-state index is 9.04. The Kier molecular flexibility index (Phi) is 5.57. The number of nitrogens with one attached hydrogen (secondary N) is 1. The van der Waals surface area contributed by atoms with Crippen LogP contribution in [0, 0.1) is 0 Å². The van der Waals surface area contributed by atoms with Crippen LogP contribution in [0.15, 0.2) is 0 Å². The van der Waals surface area contributed by atoms with E-state index in [-0.39, 0.29) is 6.61 Å². The summed E-state index contributed by atoms with van der Waals surface area (Å²) < 4.78 is 0. The average molecular weight is 254 g/mol. The maximum Gasteiger partial charge on any atom is 0.232 e. The molecule has 0 unspecified atom stereocenters. The first-order chi connectivity index (χ1) is 8.62. The van der Waals surface area contributed by atoms with Crippen molar-refractivity contribution in [2.24, 2.45) is 0 Å². The highest BCUT2D eigenvalue weighted by Crippen LogP contribution is 2.14. The molecule has 0 saturated carbocycles. The van der Waals surface area contributed by atoms with E-state index < -0.39 is 0 Å². The zero-order valence-corrected chi connectivity index (χ0v) is 11.5. The van der Waals surface area contributed by atoms with Gasteiger partial charge in [0.1, 0.15) is 0 Å². The van der Waals surface area contributed by atoms with Crippen LogP contribution in [0.4, 0.5) is 17.8 Å². The van der Waals surface area contributed by atoms with Crippen molar-refractivity contribution in [3.8, 4) is 0 Å².